The van der Waals surface area contributed by atoms with Crippen molar-refractivity contribution in [3.05, 3.63) is 101 Å². The molecule has 156 valence electrons. The largest absolute Gasteiger partial charge is 0.323 e. The summed E-state index contributed by atoms with van der Waals surface area (Å²) < 4.78 is 14.0. The lowest BCUT2D eigenvalue weighted by molar-refractivity contribution is -0.116. The van der Waals surface area contributed by atoms with E-state index in [1.165, 1.54) is 23.9 Å². The van der Waals surface area contributed by atoms with Gasteiger partial charge in [0.05, 0.1) is 11.4 Å². The molecule has 4 nitrogen and oxygen atoms in total. The minimum absolute atomic E-state index is 0.0490. The van der Waals surface area contributed by atoms with Crippen LogP contribution >= 0.6 is 11.8 Å². The van der Waals surface area contributed by atoms with E-state index >= 15 is 0 Å². The molecular formula is C25H21FN2O2S. The number of nitrogens with zero attached hydrogens (tertiary/aromatic N) is 1. The summed E-state index contributed by atoms with van der Waals surface area (Å²) in [5.74, 6) is -0.266. The standard InChI is InChI=1S/C25H21FN2O2S/c1-17-21(26)8-5-9-22(17)28-24(30)16-31-25(28)19-11-13-20(14-12-19)27-23(29)15-10-18-6-3-2-4-7-18/h2-15,25H,16H2,1H3,(H,27,29)/b15-10+. The summed E-state index contributed by atoms with van der Waals surface area (Å²) in [7, 11) is 0. The molecule has 0 spiro atoms. The molecule has 1 fully saturated rings. The minimum atomic E-state index is -0.331. The Morgan fingerprint density at radius 3 is 2.55 bits per heavy atom. The van der Waals surface area contributed by atoms with Crippen LogP contribution in [0.2, 0.25) is 0 Å². The number of rotatable bonds is 5. The lowest BCUT2D eigenvalue weighted by Gasteiger charge is -2.26. The maximum atomic E-state index is 14.0. The van der Waals surface area contributed by atoms with E-state index < -0.39 is 0 Å². The Hall–Kier alpha value is -3.38. The van der Waals surface area contributed by atoms with Gasteiger partial charge in [0.2, 0.25) is 11.8 Å². The highest BCUT2D eigenvalue weighted by molar-refractivity contribution is 8.00. The average Bonchev–Trinajstić information content (AvgIpc) is 3.16. The number of hydrogen-bond donors (Lipinski definition) is 1. The van der Waals surface area contributed by atoms with Crippen molar-refractivity contribution in [3.63, 3.8) is 0 Å². The topological polar surface area (TPSA) is 49.4 Å². The Morgan fingerprint density at radius 1 is 1.06 bits per heavy atom. The molecule has 6 heteroatoms. The first-order valence-electron chi connectivity index (χ1n) is 9.86. The van der Waals surface area contributed by atoms with Crippen LogP contribution < -0.4 is 10.2 Å². The predicted octanol–water partition coefficient (Wildman–Crippen LogP) is 5.56. The molecule has 0 saturated carbocycles. The van der Waals surface area contributed by atoms with E-state index in [1.54, 1.807) is 30.0 Å². The molecule has 4 rings (SSSR count). The van der Waals surface area contributed by atoms with E-state index in [1.807, 2.05) is 54.6 Å². The van der Waals surface area contributed by atoms with Crippen molar-refractivity contribution < 1.29 is 14.0 Å². The third-order valence-corrected chi connectivity index (χ3v) is 6.27. The van der Waals surface area contributed by atoms with Crippen molar-refractivity contribution in [1.82, 2.24) is 0 Å². The van der Waals surface area contributed by atoms with Gasteiger partial charge in [0, 0.05) is 17.3 Å². The SMILES string of the molecule is Cc1c(F)cccc1N1C(=O)CSC1c1ccc(NC(=O)/C=C/c2ccccc2)cc1. The number of hydrogen-bond acceptors (Lipinski definition) is 3. The number of amides is 2. The van der Waals surface area contributed by atoms with Crippen molar-refractivity contribution >= 4 is 41.0 Å². The third-order valence-electron chi connectivity index (χ3n) is 5.06. The summed E-state index contributed by atoms with van der Waals surface area (Å²) in [6, 6.07) is 21.8. The van der Waals surface area contributed by atoms with Gasteiger partial charge in [-0.25, -0.2) is 4.39 Å². The molecular weight excluding hydrogens is 411 g/mol. The molecule has 1 N–H and O–H groups in total. The molecule has 1 heterocycles. The monoisotopic (exact) mass is 432 g/mol. The second kappa shape index (κ2) is 9.18. The molecule has 1 atom stereocenters. The van der Waals surface area contributed by atoms with Crippen molar-refractivity contribution in [2.45, 2.75) is 12.3 Å². The molecule has 0 aromatic heterocycles. The van der Waals surface area contributed by atoms with Crippen molar-refractivity contribution in [2.75, 3.05) is 16.0 Å². The maximum absolute atomic E-state index is 14.0. The fourth-order valence-corrected chi connectivity index (χ4v) is 4.61. The fourth-order valence-electron chi connectivity index (χ4n) is 3.44. The van der Waals surface area contributed by atoms with Crippen LogP contribution in [0.4, 0.5) is 15.8 Å². The number of carbonyl (C=O) groups excluding carboxylic acids is 2. The van der Waals surface area contributed by atoms with Gasteiger partial charge in [0.25, 0.3) is 0 Å². The van der Waals surface area contributed by atoms with Crippen LogP contribution in [0, 0.1) is 12.7 Å². The van der Waals surface area contributed by atoms with E-state index in [9.17, 15) is 14.0 Å². The highest BCUT2D eigenvalue weighted by Crippen LogP contribution is 2.43. The van der Waals surface area contributed by atoms with Gasteiger partial charge >= 0.3 is 0 Å². The first-order valence-corrected chi connectivity index (χ1v) is 10.9. The van der Waals surface area contributed by atoms with E-state index in [-0.39, 0.29) is 23.0 Å². The van der Waals surface area contributed by atoms with Gasteiger partial charge < -0.3 is 5.32 Å². The molecule has 3 aromatic rings. The van der Waals surface area contributed by atoms with Gasteiger partial charge in [-0.1, -0.05) is 48.5 Å². The zero-order valence-corrected chi connectivity index (χ0v) is 17.7. The van der Waals surface area contributed by atoms with E-state index in [4.69, 9.17) is 0 Å². The summed E-state index contributed by atoms with van der Waals surface area (Å²) in [5, 5.41) is 2.60. The molecule has 1 aliphatic rings. The Morgan fingerprint density at radius 2 is 1.81 bits per heavy atom. The lowest BCUT2D eigenvalue weighted by atomic mass is 10.1. The van der Waals surface area contributed by atoms with E-state index in [0.29, 0.717) is 22.7 Å². The van der Waals surface area contributed by atoms with Crippen LogP contribution in [0.5, 0.6) is 0 Å². The summed E-state index contributed by atoms with van der Waals surface area (Å²) in [6.07, 6.45) is 3.24. The Bertz CT molecular complexity index is 1130. The van der Waals surface area contributed by atoms with Gasteiger partial charge in [0.15, 0.2) is 0 Å². The van der Waals surface area contributed by atoms with Crippen molar-refractivity contribution in [1.29, 1.82) is 0 Å². The quantitative estimate of drug-likeness (QED) is 0.537. The smallest absolute Gasteiger partial charge is 0.248 e. The number of halogens is 1. The minimum Gasteiger partial charge on any atom is -0.323 e. The second-order valence-corrected chi connectivity index (χ2v) is 8.23. The molecule has 0 aliphatic carbocycles. The van der Waals surface area contributed by atoms with Gasteiger partial charge in [-0.2, -0.15) is 0 Å². The fraction of sp³-hybridized carbons (Fsp3) is 0.120. The number of anilines is 2. The van der Waals surface area contributed by atoms with Crippen LogP contribution in [0.15, 0.2) is 78.9 Å². The van der Waals surface area contributed by atoms with Gasteiger partial charge in [0.1, 0.15) is 11.2 Å². The van der Waals surface area contributed by atoms with Crippen LogP contribution in [0.1, 0.15) is 22.1 Å². The summed E-state index contributed by atoms with van der Waals surface area (Å²) in [6.45, 7) is 1.68. The van der Waals surface area contributed by atoms with Gasteiger partial charge in [-0.05, 0) is 48.4 Å². The number of nitrogens with one attached hydrogen (secondary N) is 1. The summed E-state index contributed by atoms with van der Waals surface area (Å²) in [5.41, 5.74) is 3.57. The Labute approximate surface area is 184 Å². The summed E-state index contributed by atoms with van der Waals surface area (Å²) in [4.78, 5) is 26.4. The van der Waals surface area contributed by atoms with Gasteiger partial charge in [-0.15, -0.1) is 11.8 Å². The molecule has 1 saturated heterocycles. The first kappa shape index (κ1) is 20.9. The molecule has 1 aliphatic heterocycles. The van der Waals surface area contributed by atoms with Crippen molar-refractivity contribution in [2.24, 2.45) is 0 Å². The maximum Gasteiger partial charge on any atom is 0.248 e. The van der Waals surface area contributed by atoms with E-state index in [2.05, 4.69) is 5.32 Å². The molecule has 1 unspecified atom stereocenters. The zero-order chi connectivity index (χ0) is 21.8. The molecule has 0 radical (unpaired) electrons. The zero-order valence-electron chi connectivity index (χ0n) is 16.9. The van der Waals surface area contributed by atoms with E-state index in [0.717, 1.165) is 11.1 Å². The van der Waals surface area contributed by atoms with Crippen LogP contribution in [-0.2, 0) is 9.59 Å². The number of thioether (sulfide) groups is 1. The molecule has 3 aromatic carbocycles. The molecule has 31 heavy (non-hydrogen) atoms. The van der Waals surface area contributed by atoms with Crippen LogP contribution in [0.25, 0.3) is 6.08 Å². The molecule has 0 bridgehead atoms. The van der Waals surface area contributed by atoms with Crippen LogP contribution in [0.3, 0.4) is 0 Å². The molecule has 2 amide bonds. The number of benzene rings is 3. The van der Waals surface area contributed by atoms with Crippen molar-refractivity contribution in [3.8, 4) is 0 Å². The summed E-state index contributed by atoms with van der Waals surface area (Å²) >= 11 is 1.50. The normalized spacial score (nSPS) is 16.1. The van der Waals surface area contributed by atoms with Crippen LogP contribution in [-0.4, -0.2) is 17.6 Å². The lowest BCUT2D eigenvalue weighted by Crippen LogP contribution is -2.28. The Balaban J connectivity index is 1.48. The third kappa shape index (κ3) is 4.70. The average molecular weight is 433 g/mol. The Kier molecular flexibility index (Phi) is 6.18. The predicted molar refractivity (Wildman–Crippen MR) is 124 cm³/mol. The highest BCUT2D eigenvalue weighted by atomic mass is 32.2. The van der Waals surface area contributed by atoms with Gasteiger partial charge in [-0.3, -0.25) is 14.5 Å². The highest BCUT2D eigenvalue weighted by Gasteiger charge is 2.35. The second-order valence-electron chi connectivity index (χ2n) is 7.17. The number of carbonyl (C=O) groups is 2. The first-order chi connectivity index (χ1) is 15.0.